The van der Waals surface area contributed by atoms with Crippen molar-refractivity contribution in [3.05, 3.63) is 45.9 Å². The predicted octanol–water partition coefficient (Wildman–Crippen LogP) is 2.17. The summed E-state index contributed by atoms with van der Waals surface area (Å²) in [5.41, 5.74) is 1.82. The summed E-state index contributed by atoms with van der Waals surface area (Å²) >= 11 is 1.66. The van der Waals surface area contributed by atoms with E-state index in [2.05, 4.69) is 21.3 Å². The van der Waals surface area contributed by atoms with Crippen LogP contribution in [-0.2, 0) is 11.2 Å². The Morgan fingerprint density at radius 1 is 1.19 bits per heavy atom. The van der Waals surface area contributed by atoms with Crippen molar-refractivity contribution in [3.63, 3.8) is 0 Å². The Morgan fingerprint density at radius 3 is 2.74 bits per heavy atom. The molecule has 0 aliphatic carbocycles. The first kappa shape index (κ1) is 21.8. The van der Waals surface area contributed by atoms with Gasteiger partial charge in [-0.25, -0.2) is 4.98 Å². The molecule has 1 N–H and O–H groups in total. The lowest BCUT2D eigenvalue weighted by Gasteiger charge is -2.38. The molecule has 3 heterocycles. The topological polar surface area (TPSA) is 68.8 Å². The smallest absolute Gasteiger partial charge is 0.254 e. The minimum atomic E-state index is -0.336. The summed E-state index contributed by atoms with van der Waals surface area (Å²) in [6, 6.07) is 7.58. The summed E-state index contributed by atoms with van der Waals surface area (Å²) < 4.78 is 0. The molecule has 4 rings (SSSR count). The molecule has 2 aromatic rings. The second-order valence-corrected chi connectivity index (χ2v) is 9.72. The standard InChI is InChI=1S/C23H31N5O2S/c1-17-15-25-21(31-17)8-9-24-22(29)20-16-28(13-12-26(20)2)23(30)18-6-5-7-19(14-18)27-10-3-4-11-27/h5-7,14-15,20H,3-4,8-13,16H2,1-2H3,(H,24,29). The molecular formula is C23H31N5O2S. The number of anilines is 1. The molecule has 0 radical (unpaired) electrons. The van der Waals surface area contributed by atoms with Crippen LogP contribution in [0, 0.1) is 6.92 Å². The van der Waals surface area contributed by atoms with Crippen LogP contribution in [0.5, 0.6) is 0 Å². The van der Waals surface area contributed by atoms with E-state index in [-0.39, 0.29) is 17.9 Å². The van der Waals surface area contributed by atoms with Crippen LogP contribution >= 0.6 is 11.3 Å². The third-order valence-corrected chi connectivity index (χ3v) is 7.08. The van der Waals surface area contributed by atoms with Gasteiger partial charge in [0.2, 0.25) is 5.91 Å². The summed E-state index contributed by atoms with van der Waals surface area (Å²) in [6.07, 6.45) is 5.00. The van der Waals surface area contributed by atoms with Gasteiger partial charge in [0.25, 0.3) is 5.91 Å². The monoisotopic (exact) mass is 441 g/mol. The first-order valence-electron chi connectivity index (χ1n) is 11.0. The quantitative estimate of drug-likeness (QED) is 0.744. The SMILES string of the molecule is Cc1cnc(CCNC(=O)C2CN(C(=O)c3cccc(N4CCCC4)c3)CCN2C)s1. The van der Waals surface area contributed by atoms with Gasteiger partial charge < -0.3 is 15.1 Å². The van der Waals surface area contributed by atoms with Gasteiger partial charge >= 0.3 is 0 Å². The summed E-state index contributed by atoms with van der Waals surface area (Å²) in [5, 5.41) is 4.06. The number of hydrogen-bond acceptors (Lipinski definition) is 6. The van der Waals surface area contributed by atoms with Crippen molar-refractivity contribution in [1.82, 2.24) is 20.1 Å². The van der Waals surface area contributed by atoms with Gasteiger partial charge in [0.1, 0.15) is 6.04 Å². The average Bonchev–Trinajstić information content (AvgIpc) is 3.46. The Kier molecular flexibility index (Phi) is 6.87. The molecular weight excluding hydrogens is 410 g/mol. The predicted molar refractivity (Wildman–Crippen MR) is 124 cm³/mol. The maximum atomic E-state index is 13.2. The van der Waals surface area contributed by atoms with Crippen molar-refractivity contribution in [3.8, 4) is 0 Å². The van der Waals surface area contributed by atoms with Gasteiger partial charge in [-0.3, -0.25) is 14.5 Å². The van der Waals surface area contributed by atoms with Crippen molar-refractivity contribution < 1.29 is 9.59 Å². The van der Waals surface area contributed by atoms with Gasteiger partial charge in [0.15, 0.2) is 0 Å². The van der Waals surface area contributed by atoms with Crippen LogP contribution in [0.1, 0.15) is 33.1 Å². The Hall–Kier alpha value is -2.45. The Bertz CT molecular complexity index is 924. The largest absolute Gasteiger partial charge is 0.372 e. The number of benzene rings is 1. The van der Waals surface area contributed by atoms with Crippen LogP contribution in [0.4, 0.5) is 5.69 Å². The highest BCUT2D eigenvalue weighted by atomic mass is 32.1. The van der Waals surface area contributed by atoms with Crippen LogP contribution in [0.3, 0.4) is 0 Å². The molecule has 2 saturated heterocycles. The molecule has 1 atom stereocenters. The number of aryl methyl sites for hydroxylation is 1. The number of thiazole rings is 1. The number of nitrogens with one attached hydrogen (secondary N) is 1. The second kappa shape index (κ2) is 9.78. The number of hydrogen-bond donors (Lipinski definition) is 1. The number of carbonyl (C=O) groups is 2. The highest BCUT2D eigenvalue weighted by Gasteiger charge is 2.32. The molecule has 31 heavy (non-hydrogen) atoms. The van der Waals surface area contributed by atoms with Crippen molar-refractivity contribution in [1.29, 1.82) is 0 Å². The normalized spacial score (nSPS) is 19.6. The van der Waals surface area contributed by atoms with E-state index in [1.165, 1.54) is 17.7 Å². The third-order valence-electron chi connectivity index (χ3n) is 6.11. The number of carbonyl (C=O) groups excluding carboxylic acids is 2. The van der Waals surface area contributed by atoms with Gasteiger partial charge in [-0.1, -0.05) is 6.07 Å². The number of nitrogens with zero attached hydrogens (tertiary/aromatic N) is 4. The molecule has 8 heteroatoms. The van der Waals surface area contributed by atoms with Crippen molar-refractivity contribution >= 4 is 28.8 Å². The van der Waals surface area contributed by atoms with E-state index in [0.717, 1.165) is 30.2 Å². The third kappa shape index (κ3) is 5.25. The fourth-order valence-corrected chi connectivity index (χ4v) is 5.05. The van der Waals surface area contributed by atoms with Crippen molar-refractivity contribution in [2.45, 2.75) is 32.2 Å². The molecule has 7 nitrogen and oxygen atoms in total. The zero-order chi connectivity index (χ0) is 21.8. The zero-order valence-electron chi connectivity index (χ0n) is 18.3. The highest BCUT2D eigenvalue weighted by Crippen LogP contribution is 2.22. The molecule has 2 amide bonds. The Morgan fingerprint density at radius 2 is 2.00 bits per heavy atom. The molecule has 1 aromatic carbocycles. The van der Waals surface area contributed by atoms with E-state index in [1.54, 1.807) is 11.3 Å². The maximum absolute atomic E-state index is 13.2. The van der Waals surface area contributed by atoms with E-state index in [1.807, 2.05) is 48.2 Å². The van der Waals surface area contributed by atoms with E-state index < -0.39 is 0 Å². The molecule has 2 aliphatic heterocycles. The molecule has 2 fully saturated rings. The highest BCUT2D eigenvalue weighted by molar-refractivity contribution is 7.11. The van der Waals surface area contributed by atoms with E-state index in [4.69, 9.17) is 0 Å². The fraction of sp³-hybridized carbons (Fsp3) is 0.522. The van der Waals surface area contributed by atoms with Crippen molar-refractivity contribution in [2.75, 3.05) is 51.2 Å². The van der Waals surface area contributed by atoms with Crippen LogP contribution < -0.4 is 10.2 Å². The van der Waals surface area contributed by atoms with E-state index in [9.17, 15) is 9.59 Å². The number of piperazine rings is 1. The lowest BCUT2D eigenvalue weighted by atomic mass is 10.1. The molecule has 166 valence electrons. The van der Waals surface area contributed by atoms with Crippen LogP contribution in [0.25, 0.3) is 0 Å². The number of amides is 2. The molecule has 0 saturated carbocycles. The number of aromatic nitrogens is 1. The minimum absolute atomic E-state index is 0.00482. The first-order valence-corrected chi connectivity index (χ1v) is 11.9. The molecule has 1 aromatic heterocycles. The average molecular weight is 442 g/mol. The summed E-state index contributed by atoms with van der Waals surface area (Å²) in [4.78, 5) is 37.7. The zero-order valence-corrected chi connectivity index (χ0v) is 19.2. The second-order valence-electron chi connectivity index (χ2n) is 8.40. The van der Waals surface area contributed by atoms with E-state index >= 15 is 0 Å². The fourth-order valence-electron chi connectivity index (χ4n) is 4.26. The maximum Gasteiger partial charge on any atom is 0.254 e. The van der Waals surface area contributed by atoms with Gasteiger partial charge in [0, 0.05) is 68.0 Å². The summed E-state index contributed by atoms with van der Waals surface area (Å²) in [6.45, 7) is 6.41. The van der Waals surface area contributed by atoms with Crippen molar-refractivity contribution in [2.24, 2.45) is 0 Å². The van der Waals surface area contributed by atoms with Gasteiger partial charge in [0.05, 0.1) is 5.01 Å². The van der Waals surface area contributed by atoms with Crippen LogP contribution in [0.15, 0.2) is 30.5 Å². The van der Waals surface area contributed by atoms with Gasteiger partial charge in [-0.2, -0.15) is 0 Å². The molecule has 0 spiro atoms. The molecule has 2 aliphatic rings. The van der Waals surface area contributed by atoms with Gasteiger partial charge in [-0.05, 0) is 45.0 Å². The minimum Gasteiger partial charge on any atom is -0.372 e. The Balaban J connectivity index is 1.35. The van der Waals surface area contributed by atoms with Crippen LogP contribution in [0.2, 0.25) is 0 Å². The lowest BCUT2D eigenvalue weighted by Crippen LogP contribution is -2.58. The lowest BCUT2D eigenvalue weighted by molar-refractivity contribution is -0.127. The van der Waals surface area contributed by atoms with E-state index in [0.29, 0.717) is 31.7 Å². The molecule has 1 unspecified atom stereocenters. The number of likely N-dealkylation sites (N-methyl/N-ethyl adjacent to an activating group) is 1. The van der Waals surface area contributed by atoms with Crippen LogP contribution in [-0.4, -0.2) is 79.0 Å². The first-order chi connectivity index (χ1) is 15.0. The van der Waals surface area contributed by atoms with Gasteiger partial charge in [-0.15, -0.1) is 11.3 Å². The Labute approximate surface area is 188 Å². The molecule has 0 bridgehead atoms. The summed E-state index contributed by atoms with van der Waals surface area (Å²) in [5.74, 6) is -0.0238. The summed E-state index contributed by atoms with van der Waals surface area (Å²) in [7, 11) is 1.95. The number of rotatable bonds is 6.